The highest BCUT2D eigenvalue weighted by molar-refractivity contribution is 5.85. The van der Waals surface area contributed by atoms with Gasteiger partial charge in [0.15, 0.2) is 0 Å². The second-order valence-electron chi connectivity index (χ2n) is 5.31. The minimum absolute atomic E-state index is 0. The molecule has 1 aromatic rings. The summed E-state index contributed by atoms with van der Waals surface area (Å²) in [6.45, 7) is 2.99. The number of carbonyl (C=O) groups is 1. The molecule has 3 N–H and O–H groups in total. The molecular formula is C13H25ClN6O. The van der Waals surface area contributed by atoms with Crippen molar-refractivity contribution < 1.29 is 4.79 Å². The summed E-state index contributed by atoms with van der Waals surface area (Å²) in [5.74, 6) is 0.0419. The van der Waals surface area contributed by atoms with Gasteiger partial charge in [-0.2, -0.15) is 0 Å². The lowest BCUT2D eigenvalue weighted by atomic mass is 10.0. The van der Waals surface area contributed by atoms with E-state index in [9.17, 15) is 4.79 Å². The highest BCUT2D eigenvalue weighted by Crippen LogP contribution is 2.18. The van der Waals surface area contributed by atoms with Gasteiger partial charge in [0.25, 0.3) is 0 Å². The Bertz CT molecular complexity index is 438. The van der Waals surface area contributed by atoms with Crippen molar-refractivity contribution in [1.82, 2.24) is 25.2 Å². The summed E-state index contributed by atoms with van der Waals surface area (Å²) in [6, 6.07) is 0.389. The van der Waals surface area contributed by atoms with Crippen LogP contribution in [0.3, 0.4) is 0 Å². The number of nitrogens with zero attached hydrogens (tertiary/aromatic N) is 4. The second-order valence-corrected chi connectivity index (χ2v) is 5.31. The van der Waals surface area contributed by atoms with Crippen molar-refractivity contribution in [2.24, 2.45) is 12.8 Å². The van der Waals surface area contributed by atoms with Gasteiger partial charge in [0, 0.05) is 39.1 Å². The average molecular weight is 317 g/mol. The minimum Gasteiger partial charge on any atom is -0.354 e. The van der Waals surface area contributed by atoms with Gasteiger partial charge in [-0.3, -0.25) is 14.4 Å². The van der Waals surface area contributed by atoms with Crippen molar-refractivity contribution in [3.05, 3.63) is 11.9 Å². The fourth-order valence-electron chi connectivity index (χ4n) is 2.61. The van der Waals surface area contributed by atoms with E-state index in [1.807, 2.05) is 7.05 Å². The normalized spacial score (nSPS) is 19.0. The number of hydrogen-bond donors (Lipinski definition) is 2. The van der Waals surface area contributed by atoms with Crippen LogP contribution in [0.5, 0.6) is 0 Å². The van der Waals surface area contributed by atoms with Crippen LogP contribution < -0.4 is 11.1 Å². The van der Waals surface area contributed by atoms with Gasteiger partial charge in [-0.15, -0.1) is 17.5 Å². The molecule has 1 aliphatic rings. The third-order valence-electron chi connectivity index (χ3n) is 3.83. The molecule has 1 fully saturated rings. The van der Waals surface area contributed by atoms with E-state index >= 15 is 0 Å². The molecule has 1 unspecified atom stereocenters. The van der Waals surface area contributed by atoms with E-state index < -0.39 is 0 Å². The summed E-state index contributed by atoms with van der Waals surface area (Å²) < 4.78 is 1.80. The fraction of sp³-hybridized carbons (Fsp3) is 0.769. The molecule has 1 aromatic heterocycles. The number of nitrogens with two attached hydrogens (primary N) is 1. The zero-order valence-electron chi connectivity index (χ0n) is 12.5. The standard InChI is InChI=1S/C13H24N6O.ClH/c1-18-12(9-16-17-18)10-19-7-3-2-4-11(19)8-15-13(20)5-6-14;/h9,11H,2-8,10,14H2,1H3,(H,15,20);1H. The SMILES string of the molecule is Cl.Cn1nncc1CN1CCCCC1CNC(=O)CCN. The van der Waals surface area contributed by atoms with E-state index in [2.05, 4.69) is 20.5 Å². The highest BCUT2D eigenvalue weighted by Gasteiger charge is 2.23. The first-order chi connectivity index (χ1) is 9.70. The van der Waals surface area contributed by atoms with Gasteiger partial charge < -0.3 is 11.1 Å². The molecule has 7 nitrogen and oxygen atoms in total. The number of halogens is 1. The number of hydrogen-bond acceptors (Lipinski definition) is 5. The van der Waals surface area contributed by atoms with Crippen LogP contribution in [0.15, 0.2) is 6.20 Å². The summed E-state index contributed by atoms with van der Waals surface area (Å²) in [7, 11) is 1.91. The van der Waals surface area contributed by atoms with Crippen molar-refractivity contribution >= 4 is 18.3 Å². The average Bonchev–Trinajstić information content (AvgIpc) is 2.84. The molecule has 8 heteroatoms. The summed E-state index contributed by atoms with van der Waals surface area (Å²) in [4.78, 5) is 13.9. The van der Waals surface area contributed by atoms with Crippen molar-refractivity contribution in [3.8, 4) is 0 Å². The Balaban J connectivity index is 0.00000220. The number of rotatable bonds is 6. The van der Waals surface area contributed by atoms with Crippen LogP contribution in [0.1, 0.15) is 31.4 Å². The first-order valence-corrected chi connectivity index (χ1v) is 7.25. The molecule has 0 aliphatic carbocycles. The van der Waals surface area contributed by atoms with E-state index in [1.54, 1.807) is 10.9 Å². The molecule has 21 heavy (non-hydrogen) atoms. The van der Waals surface area contributed by atoms with E-state index in [4.69, 9.17) is 5.73 Å². The monoisotopic (exact) mass is 316 g/mol. The first-order valence-electron chi connectivity index (χ1n) is 7.25. The van der Waals surface area contributed by atoms with Gasteiger partial charge in [-0.05, 0) is 19.4 Å². The van der Waals surface area contributed by atoms with E-state index in [0.29, 0.717) is 25.6 Å². The van der Waals surface area contributed by atoms with Gasteiger partial charge in [0.05, 0.1) is 11.9 Å². The third kappa shape index (κ3) is 5.26. The molecule has 1 amide bonds. The Hall–Kier alpha value is -1.18. The lowest BCUT2D eigenvalue weighted by Gasteiger charge is -2.35. The number of aromatic nitrogens is 3. The maximum atomic E-state index is 11.5. The van der Waals surface area contributed by atoms with Crippen LogP contribution in [0.25, 0.3) is 0 Å². The predicted molar refractivity (Wildman–Crippen MR) is 83.0 cm³/mol. The highest BCUT2D eigenvalue weighted by atomic mass is 35.5. The lowest BCUT2D eigenvalue weighted by molar-refractivity contribution is -0.121. The van der Waals surface area contributed by atoms with Crippen molar-refractivity contribution in [1.29, 1.82) is 0 Å². The Kier molecular flexibility index (Phi) is 7.63. The molecular weight excluding hydrogens is 292 g/mol. The molecule has 0 bridgehead atoms. The number of likely N-dealkylation sites (tertiary alicyclic amines) is 1. The summed E-state index contributed by atoms with van der Waals surface area (Å²) in [5.41, 5.74) is 6.49. The molecule has 2 heterocycles. The Labute approximate surface area is 131 Å². The van der Waals surface area contributed by atoms with Crippen LogP contribution in [0.4, 0.5) is 0 Å². The third-order valence-corrected chi connectivity index (χ3v) is 3.83. The molecule has 120 valence electrons. The van der Waals surface area contributed by atoms with Crippen LogP contribution in [0.2, 0.25) is 0 Å². The Morgan fingerprint density at radius 1 is 1.52 bits per heavy atom. The largest absolute Gasteiger partial charge is 0.354 e. The molecule has 0 aromatic carbocycles. The summed E-state index contributed by atoms with van der Waals surface area (Å²) in [5, 5.41) is 10.9. The summed E-state index contributed by atoms with van der Waals surface area (Å²) in [6.07, 6.45) is 5.75. The lowest BCUT2D eigenvalue weighted by Crippen LogP contribution is -2.46. The summed E-state index contributed by atoms with van der Waals surface area (Å²) >= 11 is 0. The van der Waals surface area contributed by atoms with Gasteiger partial charge >= 0.3 is 0 Å². The quantitative estimate of drug-likeness (QED) is 0.774. The molecule has 2 rings (SSSR count). The molecule has 1 saturated heterocycles. The molecule has 0 spiro atoms. The van der Waals surface area contributed by atoms with Crippen molar-refractivity contribution in [2.45, 2.75) is 38.3 Å². The first kappa shape index (κ1) is 17.9. The Morgan fingerprint density at radius 2 is 2.33 bits per heavy atom. The van der Waals surface area contributed by atoms with E-state index in [1.165, 1.54) is 12.8 Å². The van der Waals surface area contributed by atoms with Gasteiger partial charge in [-0.1, -0.05) is 11.6 Å². The van der Waals surface area contributed by atoms with Gasteiger partial charge in [0.1, 0.15) is 0 Å². The number of aryl methyl sites for hydroxylation is 1. The van der Waals surface area contributed by atoms with Crippen LogP contribution in [-0.2, 0) is 18.4 Å². The molecule has 1 aliphatic heterocycles. The minimum atomic E-state index is 0. The van der Waals surface area contributed by atoms with Crippen LogP contribution in [-0.4, -0.2) is 51.5 Å². The van der Waals surface area contributed by atoms with Crippen LogP contribution in [0, 0.1) is 0 Å². The maximum Gasteiger partial charge on any atom is 0.221 e. The number of amides is 1. The number of nitrogens with one attached hydrogen (secondary N) is 1. The van der Waals surface area contributed by atoms with Crippen molar-refractivity contribution in [2.75, 3.05) is 19.6 Å². The van der Waals surface area contributed by atoms with Crippen molar-refractivity contribution in [3.63, 3.8) is 0 Å². The van der Waals surface area contributed by atoms with Gasteiger partial charge in [0.2, 0.25) is 5.91 Å². The van der Waals surface area contributed by atoms with E-state index in [-0.39, 0.29) is 18.3 Å². The fourth-order valence-corrected chi connectivity index (χ4v) is 2.61. The van der Waals surface area contributed by atoms with Crippen LogP contribution >= 0.6 is 12.4 Å². The predicted octanol–water partition coefficient (Wildman–Crippen LogP) is 0.0564. The molecule has 0 radical (unpaired) electrons. The topological polar surface area (TPSA) is 89.1 Å². The number of piperidine rings is 1. The zero-order valence-corrected chi connectivity index (χ0v) is 13.3. The maximum absolute atomic E-state index is 11.5. The zero-order chi connectivity index (χ0) is 14.4. The number of carbonyl (C=O) groups excluding carboxylic acids is 1. The van der Waals surface area contributed by atoms with Gasteiger partial charge in [-0.25, -0.2) is 0 Å². The second kappa shape index (κ2) is 8.96. The van der Waals surface area contributed by atoms with E-state index in [0.717, 1.165) is 25.2 Å². The smallest absolute Gasteiger partial charge is 0.221 e. The molecule has 1 atom stereocenters. The molecule has 0 saturated carbocycles. The Morgan fingerprint density at radius 3 is 3.00 bits per heavy atom.